The second-order valence-electron chi connectivity index (χ2n) is 7.07. The number of nitrogens with zero attached hydrogens (tertiary/aromatic N) is 3. The van der Waals surface area contributed by atoms with Crippen LogP contribution in [0, 0.1) is 0 Å². The van der Waals surface area contributed by atoms with Gasteiger partial charge < -0.3 is 10.1 Å². The van der Waals surface area contributed by atoms with Gasteiger partial charge in [-0.25, -0.2) is 4.98 Å². The van der Waals surface area contributed by atoms with Crippen molar-refractivity contribution < 1.29 is 14.3 Å². The van der Waals surface area contributed by atoms with E-state index >= 15 is 0 Å². The number of ether oxygens (including phenoxy) is 1. The molecule has 0 saturated carbocycles. The number of aromatic nitrogens is 1. The first-order chi connectivity index (χ1) is 13.7. The monoisotopic (exact) mass is 380 g/mol. The second kappa shape index (κ2) is 8.39. The summed E-state index contributed by atoms with van der Waals surface area (Å²) in [5.74, 6) is 0.453. The van der Waals surface area contributed by atoms with Crippen molar-refractivity contribution in [3.63, 3.8) is 0 Å². The summed E-state index contributed by atoms with van der Waals surface area (Å²) in [4.78, 5) is 32.9. The fourth-order valence-corrected chi connectivity index (χ4v) is 3.79. The first kappa shape index (κ1) is 18.4. The maximum atomic E-state index is 12.6. The number of fused-ring (bicyclic) bond motifs is 1. The molecule has 7 heteroatoms. The van der Waals surface area contributed by atoms with Crippen LogP contribution in [0.25, 0.3) is 0 Å². The Balaban J connectivity index is 1.42. The molecular formula is C21H24N4O3. The summed E-state index contributed by atoms with van der Waals surface area (Å²) >= 11 is 0. The molecule has 1 fully saturated rings. The quantitative estimate of drug-likeness (QED) is 0.827. The number of amides is 2. The van der Waals surface area contributed by atoms with Crippen LogP contribution in [0.5, 0.6) is 5.75 Å². The van der Waals surface area contributed by atoms with Crippen LogP contribution < -0.4 is 15.0 Å². The number of hydrogen-bond donors (Lipinski definition) is 1. The smallest absolute Gasteiger partial charge is 0.266 e. The Morgan fingerprint density at radius 2 is 1.93 bits per heavy atom. The van der Waals surface area contributed by atoms with E-state index in [0.717, 1.165) is 13.1 Å². The number of benzene rings is 1. The molecule has 28 heavy (non-hydrogen) atoms. The summed E-state index contributed by atoms with van der Waals surface area (Å²) in [6, 6.07) is 13.9. The van der Waals surface area contributed by atoms with Crippen LogP contribution in [-0.2, 0) is 9.59 Å². The van der Waals surface area contributed by atoms with Gasteiger partial charge in [-0.05, 0) is 43.6 Å². The highest BCUT2D eigenvalue weighted by atomic mass is 16.5. The Labute approximate surface area is 164 Å². The average molecular weight is 380 g/mol. The minimum absolute atomic E-state index is 0.0618. The van der Waals surface area contributed by atoms with Crippen LogP contribution >= 0.6 is 0 Å². The van der Waals surface area contributed by atoms with Crippen LogP contribution in [0.2, 0.25) is 0 Å². The van der Waals surface area contributed by atoms with E-state index in [0.29, 0.717) is 18.1 Å². The van der Waals surface area contributed by atoms with E-state index in [4.69, 9.17) is 4.74 Å². The van der Waals surface area contributed by atoms with Gasteiger partial charge in [0.2, 0.25) is 5.91 Å². The molecule has 7 nitrogen and oxygen atoms in total. The van der Waals surface area contributed by atoms with Gasteiger partial charge in [0.15, 0.2) is 18.2 Å². The molecule has 1 aromatic heterocycles. The number of hydrogen-bond acceptors (Lipinski definition) is 5. The molecule has 1 aromatic carbocycles. The van der Waals surface area contributed by atoms with Crippen LogP contribution in [0.3, 0.4) is 0 Å². The average Bonchev–Trinajstić information content (AvgIpc) is 3.26. The van der Waals surface area contributed by atoms with E-state index in [1.807, 2.05) is 18.2 Å². The lowest BCUT2D eigenvalue weighted by atomic mass is 10.1. The molecule has 146 valence electrons. The predicted octanol–water partition coefficient (Wildman–Crippen LogP) is 1.76. The molecule has 2 amide bonds. The van der Waals surface area contributed by atoms with Gasteiger partial charge in [-0.3, -0.25) is 19.4 Å². The molecule has 0 radical (unpaired) electrons. The maximum Gasteiger partial charge on any atom is 0.266 e. The maximum absolute atomic E-state index is 12.6. The molecule has 3 heterocycles. The van der Waals surface area contributed by atoms with Crippen LogP contribution in [0.4, 0.5) is 5.82 Å². The molecule has 2 aliphatic rings. The summed E-state index contributed by atoms with van der Waals surface area (Å²) in [7, 11) is 0. The minimum atomic E-state index is -0.263. The lowest BCUT2D eigenvalue weighted by molar-refractivity contribution is -0.125. The molecule has 2 aliphatic heterocycles. The van der Waals surface area contributed by atoms with Gasteiger partial charge in [-0.15, -0.1) is 0 Å². The van der Waals surface area contributed by atoms with Crippen molar-refractivity contribution in [1.82, 2.24) is 15.2 Å². The van der Waals surface area contributed by atoms with Crippen molar-refractivity contribution in [2.75, 3.05) is 37.7 Å². The summed E-state index contributed by atoms with van der Waals surface area (Å²) in [6.07, 6.45) is 3.95. The van der Waals surface area contributed by atoms with E-state index < -0.39 is 0 Å². The minimum Gasteiger partial charge on any atom is -0.480 e. The topological polar surface area (TPSA) is 74.8 Å². The van der Waals surface area contributed by atoms with Crippen LogP contribution in [0.15, 0.2) is 48.7 Å². The third kappa shape index (κ3) is 3.99. The summed E-state index contributed by atoms with van der Waals surface area (Å²) in [5.41, 5.74) is 1.19. The van der Waals surface area contributed by atoms with E-state index in [2.05, 4.69) is 27.3 Å². The number of pyridine rings is 1. The molecule has 0 spiro atoms. The van der Waals surface area contributed by atoms with Gasteiger partial charge >= 0.3 is 0 Å². The predicted molar refractivity (Wildman–Crippen MR) is 105 cm³/mol. The fourth-order valence-electron chi connectivity index (χ4n) is 3.79. The Morgan fingerprint density at radius 3 is 2.71 bits per heavy atom. The van der Waals surface area contributed by atoms with Gasteiger partial charge in [0, 0.05) is 12.7 Å². The van der Waals surface area contributed by atoms with Gasteiger partial charge in [0.05, 0.1) is 6.04 Å². The van der Waals surface area contributed by atoms with E-state index in [1.165, 1.54) is 23.3 Å². The Bertz CT molecular complexity index is 837. The molecule has 1 atom stereocenters. The lowest BCUT2D eigenvalue weighted by Gasteiger charge is -2.30. The van der Waals surface area contributed by atoms with Crippen molar-refractivity contribution in [2.45, 2.75) is 18.9 Å². The number of rotatable bonds is 6. The molecule has 1 unspecified atom stereocenters. The molecule has 2 aromatic rings. The summed E-state index contributed by atoms with van der Waals surface area (Å²) < 4.78 is 5.38. The van der Waals surface area contributed by atoms with Gasteiger partial charge in [-0.2, -0.15) is 0 Å². The van der Waals surface area contributed by atoms with Crippen molar-refractivity contribution in [3.8, 4) is 5.75 Å². The van der Waals surface area contributed by atoms with Gasteiger partial charge in [0.1, 0.15) is 6.54 Å². The van der Waals surface area contributed by atoms with Crippen molar-refractivity contribution in [2.24, 2.45) is 0 Å². The zero-order valence-corrected chi connectivity index (χ0v) is 15.7. The third-order valence-corrected chi connectivity index (χ3v) is 5.22. The van der Waals surface area contributed by atoms with Crippen molar-refractivity contribution >= 4 is 17.6 Å². The van der Waals surface area contributed by atoms with Crippen molar-refractivity contribution in [1.29, 1.82) is 0 Å². The first-order valence-corrected chi connectivity index (χ1v) is 9.66. The molecule has 1 N–H and O–H groups in total. The highest BCUT2D eigenvalue weighted by Crippen LogP contribution is 2.29. The Kier molecular flexibility index (Phi) is 5.53. The normalized spacial score (nSPS) is 17.7. The second-order valence-corrected chi connectivity index (χ2v) is 7.07. The van der Waals surface area contributed by atoms with E-state index in [-0.39, 0.29) is 31.0 Å². The van der Waals surface area contributed by atoms with Crippen molar-refractivity contribution in [3.05, 3.63) is 54.2 Å². The first-order valence-electron chi connectivity index (χ1n) is 9.66. The number of nitrogens with one attached hydrogen (secondary N) is 1. The number of anilines is 1. The summed E-state index contributed by atoms with van der Waals surface area (Å²) in [6.45, 7) is 2.44. The molecule has 1 saturated heterocycles. The number of carbonyl (C=O) groups is 2. The number of carbonyl (C=O) groups excluding carboxylic acids is 2. The SMILES string of the molecule is O=C(CN1C(=O)COc2cccnc21)NCC(c1ccccc1)N1CCCC1. The Hall–Kier alpha value is -2.93. The lowest BCUT2D eigenvalue weighted by Crippen LogP contribution is -2.47. The van der Waals surface area contributed by atoms with Crippen LogP contribution in [-0.4, -0.2) is 54.5 Å². The zero-order valence-electron chi connectivity index (χ0n) is 15.7. The fraction of sp³-hybridized carbons (Fsp3) is 0.381. The Morgan fingerprint density at radius 1 is 1.14 bits per heavy atom. The van der Waals surface area contributed by atoms with Gasteiger partial charge in [0.25, 0.3) is 5.91 Å². The zero-order chi connectivity index (χ0) is 19.3. The number of likely N-dealkylation sites (tertiary alicyclic amines) is 1. The van der Waals surface area contributed by atoms with Gasteiger partial charge in [-0.1, -0.05) is 30.3 Å². The van der Waals surface area contributed by atoms with E-state index in [1.54, 1.807) is 18.3 Å². The summed E-state index contributed by atoms with van der Waals surface area (Å²) in [5, 5.41) is 3.01. The van der Waals surface area contributed by atoms with Crippen LogP contribution in [0.1, 0.15) is 24.4 Å². The molecule has 4 rings (SSSR count). The standard InChI is InChI=1S/C21H24N4O3/c26-19(14-25-20(27)15-28-18-9-6-10-22-21(18)25)23-13-17(24-11-4-5-12-24)16-7-2-1-3-8-16/h1-3,6-10,17H,4-5,11-15H2,(H,23,26). The molecule has 0 aliphatic carbocycles. The molecule has 0 bridgehead atoms. The van der Waals surface area contributed by atoms with E-state index in [9.17, 15) is 9.59 Å². The largest absolute Gasteiger partial charge is 0.480 e. The third-order valence-electron chi connectivity index (χ3n) is 5.22. The highest BCUT2D eigenvalue weighted by Gasteiger charge is 2.29. The molecular weight excluding hydrogens is 356 g/mol. The highest BCUT2D eigenvalue weighted by molar-refractivity contribution is 6.01.